The minimum Gasteiger partial charge on any atom is -0.356 e. The fourth-order valence-corrected chi connectivity index (χ4v) is 3.22. The fourth-order valence-electron chi connectivity index (χ4n) is 2.35. The quantitative estimate of drug-likeness (QED) is 0.877. The molecule has 0 bridgehead atoms. The first-order valence-corrected chi connectivity index (χ1v) is 7.64. The summed E-state index contributed by atoms with van der Waals surface area (Å²) in [5.74, 6) is 0.976. The molecular formula is C14H23ClN2OS. The Morgan fingerprint density at radius 2 is 2.26 bits per heavy atom. The van der Waals surface area contributed by atoms with Gasteiger partial charge in [-0.05, 0) is 49.7 Å². The molecule has 1 amide bonds. The molecule has 2 heterocycles. The number of carbonyl (C=O) groups excluding carboxylic acids is 1. The molecule has 3 nitrogen and oxygen atoms in total. The Hall–Kier alpha value is -0.580. The van der Waals surface area contributed by atoms with Crippen molar-refractivity contribution in [2.24, 2.45) is 11.8 Å². The zero-order valence-electron chi connectivity index (χ0n) is 11.4. The number of hydrogen-bond donors (Lipinski definition) is 2. The van der Waals surface area contributed by atoms with Gasteiger partial charge >= 0.3 is 0 Å². The standard InChI is InChI=1S/C14H22N2OS.ClH/c1-11(9-13-3-2-8-18-13)10-16-14(17)12-4-6-15-7-5-12;/h2-3,8,11-12,15H,4-7,9-10H2,1H3,(H,16,17);1H. The molecule has 1 aromatic rings. The lowest BCUT2D eigenvalue weighted by Gasteiger charge is -2.22. The zero-order valence-corrected chi connectivity index (χ0v) is 13.0. The van der Waals surface area contributed by atoms with Gasteiger partial charge in [0.05, 0.1) is 0 Å². The maximum Gasteiger partial charge on any atom is 0.223 e. The summed E-state index contributed by atoms with van der Waals surface area (Å²) in [7, 11) is 0. The van der Waals surface area contributed by atoms with E-state index in [1.807, 2.05) is 0 Å². The van der Waals surface area contributed by atoms with Crippen molar-refractivity contribution in [3.05, 3.63) is 22.4 Å². The molecule has 1 aliphatic heterocycles. The first-order chi connectivity index (χ1) is 8.75. The molecule has 0 spiro atoms. The molecule has 1 fully saturated rings. The molecule has 2 N–H and O–H groups in total. The van der Waals surface area contributed by atoms with Gasteiger partial charge in [0.1, 0.15) is 0 Å². The number of rotatable bonds is 5. The van der Waals surface area contributed by atoms with Crippen LogP contribution in [0.4, 0.5) is 0 Å². The molecule has 0 radical (unpaired) electrons. The van der Waals surface area contributed by atoms with E-state index in [0.717, 1.165) is 38.9 Å². The number of halogens is 1. The molecule has 1 atom stereocenters. The molecule has 0 aliphatic carbocycles. The summed E-state index contributed by atoms with van der Waals surface area (Å²) in [5, 5.41) is 8.49. The molecule has 5 heteroatoms. The van der Waals surface area contributed by atoms with Crippen LogP contribution in [0.25, 0.3) is 0 Å². The van der Waals surface area contributed by atoms with Gasteiger partial charge in [-0.1, -0.05) is 13.0 Å². The first-order valence-electron chi connectivity index (χ1n) is 6.76. The highest BCUT2D eigenvalue weighted by molar-refractivity contribution is 7.09. The number of nitrogens with one attached hydrogen (secondary N) is 2. The zero-order chi connectivity index (χ0) is 12.8. The van der Waals surface area contributed by atoms with Gasteiger partial charge in [-0.15, -0.1) is 23.7 Å². The van der Waals surface area contributed by atoms with E-state index < -0.39 is 0 Å². The van der Waals surface area contributed by atoms with Crippen molar-refractivity contribution in [1.29, 1.82) is 0 Å². The third kappa shape index (κ3) is 5.51. The van der Waals surface area contributed by atoms with Crippen molar-refractivity contribution in [2.45, 2.75) is 26.2 Å². The van der Waals surface area contributed by atoms with E-state index in [1.54, 1.807) is 11.3 Å². The fraction of sp³-hybridized carbons (Fsp3) is 0.643. The molecule has 2 rings (SSSR count). The van der Waals surface area contributed by atoms with Gasteiger partial charge in [-0.3, -0.25) is 4.79 Å². The highest BCUT2D eigenvalue weighted by Gasteiger charge is 2.20. The van der Waals surface area contributed by atoms with E-state index in [2.05, 4.69) is 35.1 Å². The lowest BCUT2D eigenvalue weighted by Crippen LogP contribution is -2.39. The van der Waals surface area contributed by atoms with Gasteiger partial charge in [-0.2, -0.15) is 0 Å². The monoisotopic (exact) mass is 302 g/mol. The van der Waals surface area contributed by atoms with Crippen LogP contribution < -0.4 is 10.6 Å². The average Bonchev–Trinajstić information content (AvgIpc) is 2.90. The second-order valence-electron chi connectivity index (χ2n) is 5.16. The van der Waals surface area contributed by atoms with Crippen molar-refractivity contribution in [3.63, 3.8) is 0 Å². The van der Waals surface area contributed by atoms with Crippen molar-refractivity contribution in [1.82, 2.24) is 10.6 Å². The lowest BCUT2D eigenvalue weighted by molar-refractivity contribution is -0.125. The Morgan fingerprint density at radius 3 is 2.89 bits per heavy atom. The minimum atomic E-state index is 0. The Labute approximate surface area is 125 Å². The van der Waals surface area contributed by atoms with E-state index >= 15 is 0 Å². The molecule has 1 saturated heterocycles. The van der Waals surface area contributed by atoms with Gasteiger partial charge in [0.15, 0.2) is 0 Å². The first kappa shape index (κ1) is 16.5. The second-order valence-corrected chi connectivity index (χ2v) is 6.19. The van der Waals surface area contributed by atoms with Crippen LogP contribution in [0.3, 0.4) is 0 Å². The van der Waals surface area contributed by atoms with Crippen molar-refractivity contribution in [3.8, 4) is 0 Å². The number of piperidine rings is 1. The summed E-state index contributed by atoms with van der Waals surface area (Å²) >= 11 is 1.79. The van der Waals surface area contributed by atoms with E-state index in [0.29, 0.717) is 5.92 Å². The number of hydrogen-bond acceptors (Lipinski definition) is 3. The third-order valence-electron chi connectivity index (χ3n) is 3.46. The van der Waals surface area contributed by atoms with Gasteiger partial charge in [0.25, 0.3) is 0 Å². The predicted octanol–water partition coefficient (Wildman–Crippen LogP) is 2.46. The van der Waals surface area contributed by atoms with Gasteiger partial charge < -0.3 is 10.6 Å². The minimum absolute atomic E-state index is 0. The van der Waals surface area contributed by atoms with Crippen LogP contribution >= 0.6 is 23.7 Å². The van der Waals surface area contributed by atoms with Crippen LogP contribution in [-0.2, 0) is 11.2 Å². The van der Waals surface area contributed by atoms with Gasteiger partial charge in [-0.25, -0.2) is 0 Å². The number of amides is 1. The van der Waals surface area contributed by atoms with E-state index in [4.69, 9.17) is 0 Å². The van der Waals surface area contributed by atoms with Crippen LogP contribution in [0.15, 0.2) is 17.5 Å². The molecular weight excluding hydrogens is 280 g/mol. The Bertz CT molecular complexity index is 364. The summed E-state index contributed by atoms with van der Waals surface area (Å²) in [6, 6.07) is 4.25. The number of carbonyl (C=O) groups is 1. The van der Waals surface area contributed by atoms with Crippen LogP contribution in [0.2, 0.25) is 0 Å². The molecule has 1 unspecified atom stereocenters. The maximum atomic E-state index is 12.0. The molecule has 108 valence electrons. The average molecular weight is 303 g/mol. The van der Waals surface area contributed by atoms with Crippen molar-refractivity contribution in [2.75, 3.05) is 19.6 Å². The molecule has 0 aromatic carbocycles. The molecule has 0 saturated carbocycles. The van der Waals surface area contributed by atoms with Gasteiger partial charge in [0.2, 0.25) is 5.91 Å². The maximum absolute atomic E-state index is 12.0. The molecule has 19 heavy (non-hydrogen) atoms. The van der Waals surface area contributed by atoms with Crippen LogP contribution in [0, 0.1) is 11.8 Å². The highest BCUT2D eigenvalue weighted by atomic mass is 35.5. The smallest absolute Gasteiger partial charge is 0.223 e. The largest absolute Gasteiger partial charge is 0.356 e. The summed E-state index contributed by atoms with van der Waals surface area (Å²) in [5.41, 5.74) is 0. The summed E-state index contributed by atoms with van der Waals surface area (Å²) < 4.78 is 0. The highest BCUT2D eigenvalue weighted by Crippen LogP contribution is 2.15. The molecule has 1 aromatic heterocycles. The Balaban J connectivity index is 0.00000180. The van der Waals surface area contributed by atoms with Crippen LogP contribution in [0.5, 0.6) is 0 Å². The SMILES string of the molecule is CC(CNC(=O)C1CCNCC1)Cc1cccs1.Cl. The van der Waals surface area contributed by atoms with Gasteiger partial charge in [0, 0.05) is 17.3 Å². The number of thiophene rings is 1. The van der Waals surface area contributed by atoms with E-state index in [-0.39, 0.29) is 24.2 Å². The van der Waals surface area contributed by atoms with Crippen LogP contribution in [-0.4, -0.2) is 25.5 Å². The Morgan fingerprint density at radius 1 is 1.53 bits per heavy atom. The summed E-state index contributed by atoms with van der Waals surface area (Å²) in [6.07, 6.45) is 3.01. The van der Waals surface area contributed by atoms with Crippen molar-refractivity contribution < 1.29 is 4.79 Å². The second kappa shape index (κ2) is 8.56. The summed E-state index contributed by atoms with van der Waals surface area (Å²) in [4.78, 5) is 13.4. The van der Waals surface area contributed by atoms with Crippen molar-refractivity contribution >= 4 is 29.7 Å². The van der Waals surface area contributed by atoms with Crippen LogP contribution in [0.1, 0.15) is 24.6 Å². The van der Waals surface area contributed by atoms with E-state index in [1.165, 1.54) is 4.88 Å². The molecule has 1 aliphatic rings. The predicted molar refractivity (Wildman–Crippen MR) is 83.0 cm³/mol. The summed E-state index contributed by atoms with van der Waals surface area (Å²) in [6.45, 7) is 4.94. The normalized spacial score (nSPS) is 17.5. The van der Waals surface area contributed by atoms with E-state index in [9.17, 15) is 4.79 Å². The topological polar surface area (TPSA) is 41.1 Å². The Kier molecular flexibility index (Phi) is 7.42. The lowest BCUT2D eigenvalue weighted by atomic mass is 9.97. The third-order valence-corrected chi connectivity index (χ3v) is 4.36.